The Balaban J connectivity index is 0.00000261. The van der Waals surface area contributed by atoms with E-state index in [2.05, 4.69) is 34.6 Å². The van der Waals surface area contributed by atoms with E-state index in [1.54, 1.807) is 0 Å². The second-order valence-electron chi connectivity index (χ2n) is 6.08. The molecule has 0 aliphatic heterocycles. The van der Waals surface area contributed by atoms with Gasteiger partial charge < -0.3 is 15.2 Å². The van der Waals surface area contributed by atoms with Gasteiger partial charge in [-0.2, -0.15) is 4.98 Å². The lowest BCUT2D eigenvalue weighted by Gasteiger charge is -2.05. The molecule has 6 nitrogen and oxygen atoms in total. The summed E-state index contributed by atoms with van der Waals surface area (Å²) in [5.74, 6) is 0.904. The molecule has 1 atom stereocenters. The van der Waals surface area contributed by atoms with Crippen LogP contribution in [-0.2, 0) is 12.8 Å². The number of hydrogen-bond acceptors (Lipinski definition) is 6. The van der Waals surface area contributed by atoms with Crippen molar-refractivity contribution in [1.82, 2.24) is 15.5 Å². The molecule has 0 saturated carbocycles. The van der Waals surface area contributed by atoms with Crippen molar-refractivity contribution in [3.8, 4) is 11.5 Å². The summed E-state index contributed by atoms with van der Waals surface area (Å²) >= 11 is 1.43. The zero-order valence-corrected chi connectivity index (χ0v) is 17.1. The SMILES string of the molecule is CCc1ccc(C(=O)Nc2sccc2-c2nc(CC(C)NC)no2)cc1.Cl. The highest BCUT2D eigenvalue weighted by molar-refractivity contribution is 7.15. The fourth-order valence-electron chi connectivity index (χ4n) is 2.46. The molecule has 3 aromatic rings. The lowest BCUT2D eigenvalue weighted by atomic mass is 10.1. The molecule has 0 aliphatic rings. The Morgan fingerprint density at radius 2 is 2.00 bits per heavy atom. The maximum Gasteiger partial charge on any atom is 0.260 e. The predicted molar refractivity (Wildman–Crippen MR) is 111 cm³/mol. The van der Waals surface area contributed by atoms with Crippen molar-refractivity contribution in [1.29, 1.82) is 0 Å². The van der Waals surface area contributed by atoms with Crippen molar-refractivity contribution in [2.75, 3.05) is 12.4 Å². The van der Waals surface area contributed by atoms with Gasteiger partial charge in [0.15, 0.2) is 5.82 Å². The number of carbonyl (C=O) groups is 1. The van der Waals surface area contributed by atoms with E-state index in [9.17, 15) is 4.79 Å². The summed E-state index contributed by atoms with van der Waals surface area (Å²) in [5.41, 5.74) is 2.56. The Morgan fingerprint density at radius 3 is 2.67 bits per heavy atom. The number of nitrogens with one attached hydrogen (secondary N) is 2. The summed E-state index contributed by atoms with van der Waals surface area (Å²) in [6, 6.07) is 9.75. The molecular formula is C19H23ClN4O2S. The van der Waals surface area contributed by atoms with Crippen LogP contribution in [0.2, 0.25) is 0 Å². The Hall–Kier alpha value is -2.22. The van der Waals surface area contributed by atoms with Crippen molar-refractivity contribution >= 4 is 34.7 Å². The van der Waals surface area contributed by atoms with Crippen LogP contribution < -0.4 is 10.6 Å². The Labute approximate surface area is 168 Å². The van der Waals surface area contributed by atoms with Crippen molar-refractivity contribution < 1.29 is 9.32 Å². The lowest BCUT2D eigenvalue weighted by molar-refractivity contribution is 0.102. The standard InChI is InChI=1S/C19H22N4O2S.ClH/c1-4-13-5-7-14(8-6-13)17(24)22-19-15(9-10-26-19)18-21-16(23-25-18)11-12(2)20-3;/h5-10,12,20H,4,11H2,1-3H3,(H,22,24);1H. The predicted octanol–water partition coefficient (Wildman–Crippen LogP) is 4.19. The third kappa shape index (κ3) is 5.15. The normalized spacial score (nSPS) is 11.7. The number of thiophene rings is 1. The number of likely N-dealkylation sites (N-methyl/N-ethyl adjacent to an activating group) is 1. The van der Waals surface area contributed by atoms with Crippen LogP contribution in [0.15, 0.2) is 40.2 Å². The molecule has 0 bridgehead atoms. The fraction of sp³-hybridized carbons (Fsp3) is 0.316. The first kappa shape index (κ1) is 21.1. The molecule has 27 heavy (non-hydrogen) atoms. The van der Waals surface area contributed by atoms with Gasteiger partial charge in [0.25, 0.3) is 11.8 Å². The van der Waals surface area contributed by atoms with Crippen LogP contribution in [0.25, 0.3) is 11.5 Å². The molecule has 3 rings (SSSR count). The van der Waals surface area contributed by atoms with Gasteiger partial charge in [-0.05, 0) is 49.5 Å². The topological polar surface area (TPSA) is 80.0 Å². The van der Waals surface area contributed by atoms with Crippen LogP contribution in [0.3, 0.4) is 0 Å². The van der Waals surface area contributed by atoms with Crippen LogP contribution in [0.1, 0.15) is 35.6 Å². The number of amides is 1. The second kappa shape index (κ2) is 9.64. The highest BCUT2D eigenvalue weighted by Crippen LogP contribution is 2.32. The third-order valence-corrected chi connectivity index (χ3v) is 5.03. The number of benzene rings is 1. The van der Waals surface area contributed by atoms with E-state index >= 15 is 0 Å². The van der Waals surface area contributed by atoms with E-state index < -0.39 is 0 Å². The van der Waals surface area contributed by atoms with Gasteiger partial charge in [-0.1, -0.05) is 24.2 Å². The minimum atomic E-state index is -0.153. The summed E-state index contributed by atoms with van der Waals surface area (Å²) in [5, 5.41) is 12.7. The molecule has 1 aromatic carbocycles. The molecule has 8 heteroatoms. The molecule has 0 saturated heterocycles. The number of rotatable bonds is 7. The van der Waals surface area contributed by atoms with Crippen LogP contribution in [0.5, 0.6) is 0 Å². The monoisotopic (exact) mass is 406 g/mol. The van der Waals surface area contributed by atoms with Gasteiger partial charge in [0.2, 0.25) is 0 Å². The maximum absolute atomic E-state index is 12.5. The molecule has 1 unspecified atom stereocenters. The van der Waals surface area contributed by atoms with E-state index in [1.165, 1.54) is 16.9 Å². The molecule has 1 amide bonds. The van der Waals surface area contributed by atoms with Crippen LogP contribution in [-0.4, -0.2) is 29.1 Å². The molecule has 2 aromatic heterocycles. The van der Waals surface area contributed by atoms with E-state index in [1.807, 2.05) is 42.8 Å². The molecule has 2 heterocycles. The van der Waals surface area contributed by atoms with Crippen LogP contribution in [0.4, 0.5) is 5.00 Å². The first-order chi connectivity index (χ1) is 12.6. The van der Waals surface area contributed by atoms with E-state index in [0.29, 0.717) is 28.7 Å². The van der Waals surface area contributed by atoms with Gasteiger partial charge in [-0.15, -0.1) is 23.7 Å². The Morgan fingerprint density at radius 1 is 1.26 bits per heavy atom. The minimum absolute atomic E-state index is 0. The van der Waals surface area contributed by atoms with Crippen LogP contribution >= 0.6 is 23.7 Å². The van der Waals surface area contributed by atoms with Crippen LogP contribution in [0, 0.1) is 0 Å². The molecular weight excluding hydrogens is 384 g/mol. The molecule has 0 radical (unpaired) electrons. The molecule has 144 valence electrons. The van der Waals surface area contributed by atoms with Crippen molar-refractivity contribution in [2.45, 2.75) is 32.7 Å². The number of hydrogen-bond donors (Lipinski definition) is 2. The van der Waals surface area contributed by atoms with E-state index in [0.717, 1.165) is 12.0 Å². The lowest BCUT2D eigenvalue weighted by Crippen LogP contribution is -2.24. The summed E-state index contributed by atoms with van der Waals surface area (Å²) in [7, 11) is 1.89. The van der Waals surface area contributed by atoms with E-state index in [-0.39, 0.29) is 24.4 Å². The fourth-order valence-corrected chi connectivity index (χ4v) is 3.24. The number of aromatic nitrogens is 2. The van der Waals surface area contributed by atoms with Gasteiger partial charge >= 0.3 is 0 Å². The van der Waals surface area contributed by atoms with Gasteiger partial charge in [-0.3, -0.25) is 4.79 Å². The molecule has 0 aliphatic carbocycles. The maximum atomic E-state index is 12.5. The smallest absolute Gasteiger partial charge is 0.260 e. The molecule has 0 spiro atoms. The average molecular weight is 407 g/mol. The largest absolute Gasteiger partial charge is 0.334 e. The zero-order valence-electron chi connectivity index (χ0n) is 15.5. The number of aryl methyl sites for hydroxylation is 1. The summed E-state index contributed by atoms with van der Waals surface area (Å²) < 4.78 is 5.38. The number of anilines is 1. The number of nitrogens with zero attached hydrogens (tertiary/aromatic N) is 2. The Kier molecular flexibility index (Phi) is 7.53. The average Bonchev–Trinajstić information content (AvgIpc) is 3.30. The highest BCUT2D eigenvalue weighted by Gasteiger charge is 2.17. The van der Waals surface area contributed by atoms with E-state index in [4.69, 9.17) is 4.52 Å². The summed E-state index contributed by atoms with van der Waals surface area (Å²) in [4.78, 5) is 16.9. The second-order valence-corrected chi connectivity index (χ2v) is 6.99. The first-order valence-corrected chi connectivity index (χ1v) is 9.46. The zero-order chi connectivity index (χ0) is 18.5. The van der Waals surface area contributed by atoms with Crippen molar-refractivity contribution in [3.05, 3.63) is 52.7 Å². The number of carbonyl (C=O) groups excluding carboxylic acids is 1. The molecule has 2 N–H and O–H groups in total. The molecule has 0 fully saturated rings. The third-order valence-electron chi connectivity index (χ3n) is 4.20. The van der Waals surface area contributed by atoms with Gasteiger partial charge in [0, 0.05) is 18.0 Å². The summed E-state index contributed by atoms with van der Waals surface area (Å²) in [6.07, 6.45) is 1.62. The Bertz CT molecular complexity index is 876. The van der Waals surface area contributed by atoms with Gasteiger partial charge in [0.1, 0.15) is 5.00 Å². The van der Waals surface area contributed by atoms with Crippen molar-refractivity contribution in [2.24, 2.45) is 0 Å². The number of halogens is 1. The van der Waals surface area contributed by atoms with Crippen molar-refractivity contribution in [3.63, 3.8) is 0 Å². The minimum Gasteiger partial charge on any atom is -0.334 e. The first-order valence-electron chi connectivity index (χ1n) is 8.58. The summed E-state index contributed by atoms with van der Waals surface area (Å²) in [6.45, 7) is 4.14. The van der Waals surface area contributed by atoms with Gasteiger partial charge in [0.05, 0.1) is 5.56 Å². The highest BCUT2D eigenvalue weighted by atomic mass is 35.5. The van der Waals surface area contributed by atoms with Gasteiger partial charge in [-0.25, -0.2) is 0 Å². The quantitative estimate of drug-likeness (QED) is 0.615.